The molecular formula is C22H24N6O4S. The Balaban J connectivity index is 1.73. The molecule has 1 amide bonds. The minimum absolute atomic E-state index is 0.112. The lowest BCUT2D eigenvalue weighted by molar-refractivity contribution is 0.0989. The summed E-state index contributed by atoms with van der Waals surface area (Å²) in [5.41, 5.74) is 2.86. The molecule has 11 heteroatoms. The summed E-state index contributed by atoms with van der Waals surface area (Å²) < 4.78 is 30.8. The second-order valence-electron chi connectivity index (χ2n) is 7.44. The van der Waals surface area contributed by atoms with Crippen LogP contribution in [0.1, 0.15) is 17.3 Å². The number of aromatic nitrogens is 2. The zero-order valence-electron chi connectivity index (χ0n) is 18.7. The SMILES string of the molecule is CCN1C(=O)c2ccccc2N(C)c2nc(Nc3ccc(NS(C)(=O)=O)cc3OC)ncc21. The van der Waals surface area contributed by atoms with Crippen LogP contribution in [0.3, 0.4) is 0 Å². The van der Waals surface area contributed by atoms with Gasteiger partial charge in [-0.1, -0.05) is 12.1 Å². The third-order valence-electron chi connectivity index (χ3n) is 5.17. The van der Waals surface area contributed by atoms with Crippen molar-refractivity contribution in [3.63, 3.8) is 0 Å². The molecule has 1 aliphatic rings. The molecule has 0 radical (unpaired) electrons. The zero-order valence-corrected chi connectivity index (χ0v) is 19.5. The molecule has 172 valence electrons. The van der Waals surface area contributed by atoms with Crippen LogP contribution < -0.4 is 24.6 Å². The zero-order chi connectivity index (χ0) is 23.8. The fourth-order valence-electron chi connectivity index (χ4n) is 3.69. The number of anilines is 6. The van der Waals surface area contributed by atoms with Crippen molar-refractivity contribution in [3.8, 4) is 5.75 Å². The van der Waals surface area contributed by atoms with Gasteiger partial charge < -0.3 is 19.9 Å². The summed E-state index contributed by atoms with van der Waals surface area (Å²) in [6.07, 6.45) is 2.69. The first-order valence-electron chi connectivity index (χ1n) is 10.2. The summed E-state index contributed by atoms with van der Waals surface area (Å²) in [6.45, 7) is 2.37. The average Bonchev–Trinajstić information content (AvgIpc) is 2.87. The Morgan fingerprint density at radius 1 is 1.12 bits per heavy atom. The maximum atomic E-state index is 13.1. The predicted molar refractivity (Wildman–Crippen MR) is 129 cm³/mol. The molecule has 1 aliphatic heterocycles. The smallest absolute Gasteiger partial charge is 0.260 e. The number of hydrogen-bond acceptors (Lipinski definition) is 8. The quantitative estimate of drug-likeness (QED) is 0.566. The third-order valence-corrected chi connectivity index (χ3v) is 5.77. The monoisotopic (exact) mass is 468 g/mol. The van der Waals surface area contributed by atoms with Crippen molar-refractivity contribution in [2.24, 2.45) is 0 Å². The molecule has 0 fully saturated rings. The number of rotatable bonds is 6. The van der Waals surface area contributed by atoms with E-state index in [4.69, 9.17) is 4.74 Å². The molecule has 2 aromatic carbocycles. The van der Waals surface area contributed by atoms with Gasteiger partial charge in [0.15, 0.2) is 5.82 Å². The summed E-state index contributed by atoms with van der Waals surface area (Å²) in [5, 5.41) is 3.12. The van der Waals surface area contributed by atoms with E-state index in [0.29, 0.717) is 46.7 Å². The summed E-state index contributed by atoms with van der Waals surface area (Å²) in [5.74, 6) is 1.16. The highest BCUT2D eigenvalue weighted by atomic mass is 32.2. The van der Waals surface area contributed by atoms with Crippen LogP contribution in [0.5, 0.6) is 5.75 Å². The van der Waals surface area contributed by atoms with Gasteiger partial charge in [0.05, 0.1) is 42.2 Å². The number of nitrogens with zero attached hydrogens (tertiary/aromatic N) is 4. The second kappa shape index (κ2) is 8.58. The van der Waals surface area contributed by atoms with Crippen molar-refractivity contribution >= 4 is 50.4 Å². The summed E-state index contributed by atoms with van der Waals surface area (Å²) in [7, 11) is -0.0804. The maximum Gasteiger partial charge on any atom is 0.260 e. The van der Waals surface area contributed by atoms with E-state index in [1.807, 2.05) is 37.1 Å². The molecule has 0 unspecified atom stereocenters. The van der Waals surface area contributed by atoms with Gasteiger partial charge in [0.2, 0.25) is 16.0 Å². The number of carbonyl (C=O) groups excluding carboxylic acids is 1. The van der Waals surface area contributed by atoms with Crippen LogP contribution in [-0.2, 0) is 10.0 Å². The van der Waals surface area contributed by atoms with Crippen molar-refractivity contribution in [1.82, 2.24) is 9.97 Å². The van der Waals surface area contributed by atoms with Gasteiger partial charge in [-0.25, -0.2) is 13.4 Å². The molecule has 0 spiro atoms. The van der Waals surface area contributed by atoms with E-state index < -0.39 is 10.0 Å². The van der Waals surface area contributed by atoms with Crippen molar-refractivity contribution in [3.05, 3.63) is 54.2 Å². The number of nitrogens with one attached hydrogen (secondary N) is 2. The number of benzene rings is 2. The van der Waals surface area contributed by atoms with Gasteiger partial charge >= 0.3 is 0 Å². The van der Waals surface area contributed by atoms with Crippen molar-refractivity contribution in [2.75, 3.05) is 46.8 Å². The van der Waals surface area contributed by atoms with Crippen LogP contribution >= 0.6 is 0 Å². The van der Waals surface area contributed by atoms with E-state index in [2.05, 4.69) is 20.0 Å². The molecule has 0 saturated heterocycles. The number of ether oxygens (including phenoxy) is 1. The summed E-state index contributed by atoms with van der Waals surface area (Å²) >= 11 is 0. The largest absolute Gasteiger partial charge is 0.494 e. The average molecular weight is 469 g/mol. The van der Waals surface area contributed by atoms with E-state index >= 15 is 0 Å². The summed E-state index contributed by atoms with van der Waals surface area (Å²) in [4.78, 5) is 25.7. The molecule has 0 atom stereocenters. The Bertz CT molecular complexity index is 1330. The first-order valence-corrected chi connectivity index (χ1v) is 12.1. The van der Waals surface area contributed by atoms with Crippen LogP contribution in [0.15, 0.2) is 48.7 Å². The highest BCUT2D eigenvalue weighted by Gasteiger charge is 2.30. The predicted octanol–water partition coefficient (Wildman–Crippen LogP) is 3.35. The van der Waals surface area contributed by atoms with Gasteiger partial charge in [0.1, 0.15) is 11.4 Å². The molecule has 4 rings (SSSR count). The lowest BCUT2D eigenvalue weighted by Crippen LogP contribution is -2.30. The lowest BCUT2D eigenvalue weighted by Gasteiger charge is -2.22. The van der Waals surface area contributed by atoms with Crippen molar-refractivity contribution in [2.45, 2.75) is 6.92 Å². The van der Waals surface area contributed by atoms with E-state index in [1.165, 1.54) is 7.11 Å². The Kier molecular flexibility index (Phi) is 5.81. The number of amides is 1. The minimum Gasteiger partial charge on any atom is -0.494 e. The van der Waals surface area contributed by atoms with E-state index in [0.717, 1.165) is 11.9 Å². The Morgan fingerprint density at radius 2 is 1.88 bits per heavy atom. The lowest BCUT2D eigenvalue weighted by atomic mass is 10.1. The van der Waals surface area contributed by atoms with Crippen LogP contribution in [0, 0.1) is 0 Å². The Hall–Kier alpha value is -3.86. The number of para-hydroxylation sites is 1. The Morgan fingerprint density at radius 3 is 2.58 bits per heavy atom. The number of sulfonamides is 1. The standard InChI is InChI=1S/C22H24N6O4S/c1-5-28-18-13-23-22(24-16-11-10-14(12-19(16)32-3)26-33(4,30)31)25-20(18)27(2)17-9-7-6-8-15(17)21(28)29/h6-13,26H,5H2,1-4H3,(H,23,24,25). The number of hydrogen-bond donors (Lipinski definition) is 2. The molecule has 1 aromatic heterocycles. The highest BCUT2D eigenvalue weighted by molar-refractivity contribution is 7.92. The van der Waals surface area contributed by atoms with Crippen LogP contribution in [0.2, 0.25) is 0 Å². The van der Waals surface area contributed by atoms with Gasteiger partial charge in [0.25, 0.3) is 5.91 Å². The van der Waals surface area contributed by atoms with Crippen molar-refractivity contribution in [1.29, 1.82) is 0 Å². The highest BCUT2D eigenvalue weighted by Crippen LogP contribution is 2.39. The first-order chi connectivity index (χ1) is 15.7. The van der Waals surface area contributed by atoms with Gasteiger partial charge in [-0.05, 0) is 31.2 Å². The molecule has 2 heterocycles. The molecule has 33 heavy (non-hydrogen) atoms. The molecule has 0 saturated carbocycles. The molecule has 2 N–H and O–H groups in total. The molecule has 0 aliphatic carbocycles. The van der Waals surface area contributed by atoms with Crippen LogP contribution in [-0.4, -0.2) is 51.3 Å². The van der Waals surface area contributed by atoms with Gasteiger partial charge in [-0.15, -0.1) is 0 Å². The van der Waals surface area contributed by atoms with Gasteiger partial charge in [0, 0.05) is 19.7 Å². The minimum atomic E-state index is -3.42. The molecule has 10 nitrogen and oxygen atoms in total. The second-order valence-corrected chi connectivity index (χ2v) is 9.19. The van der Waals surface area contributed by atoms with E-state index in [9.17, 15) is 13.2 Å². The molecule has 3 aromatic rings. The van der Waals surface area contributed by atoms with Gasteiger partial charge in [-0.3, -0.25) is 9.52 Å². The fourth-order valence-corrected chi connectivity index (χ4v) is 4.24. The number of methoxy groups -OCH3 is 1. The summed E-state index contributed by atoms with van der Waals surface area (Å²) in [6, 6.07) is 12.2. The normalized spacial score (nSPS) is 13.2. The third kappa shape index (κ3) is 4.40. The fraction of sp³-hybridized carbons (Fsp3) is 0.227. The maximum absolute atomic E-state index is 13.1. The molecule has 0 bridgehead atoms. The van der Waals surface area contributed by atoms with Crippen LogP contribution in [0.25, 0.3) is 0 Å². The Labute approximate surface area is 192 Å². The van der Waals surface area contributed by atoms with Crippen LogP contribution in [0.4, 0.5) is 34.5 Å². The molecular weight excluding hydrogens is 444 g/mol. The van der Waals surface area contributed by atoms with Crippen molar-refractivity contribution < 1.29 is 17.9 Å². The van der Waals surface area contributed by atoms with E-state index in [1.54, 1.807) is 35.4 Å². The topological polar surface area (TPSA) is 117 Å². The number of carbonyl (C=O) groups is 1. The number of fused-ring (bicyclic) bond motifs is 2. The van der Waals surface area contributed by atoms with Gasteiger partial charge in [-0.2, -0.15) is 4.98 Å². The van der Waals surface area contributed by atoms with E-state index in [-0.39, 0.29) is 5.91 Å². The first kappa shape index (κ1) is 22.3.